The Labute approximate surface area is 113 Å². The molecule has 0 aliphatic heterocycles. The van der Waals surface area contributed by atoms with Crippen molar-refractivity contribution in [2.24, 2.45) is 11.8 Å². The van der Waals surface area contributed by atoms with E-state index in [1.807, 2.05) is 0 Å². The molecule has 0 heterocycles. The van der Waals surface area contributed by atoms with Gasteiger partial charge >= 0.3 is 5.97 Å². The number of hydrogen-bond acceptors (Lipinski definition) is 1. The van der Waals surface area contributed by atoms with Crippen LogP contribution in [0.1, 0.15) is 85.0 Å². The molecule has 2 atom stereocenters. The van der Waals surface area contributed by atoms with Crippen LogP contribution >= 0.6 is 0 Å². The van der Waals surface area contributed by atoms with Gasteiger partial charge in [-0.2, -0.15) is 0 Å². The van der Waals surface area contributed by atoms with E-state index in [9.17, 15) is 4.79 Å². The minimum Gasteiger partial charge on any atom is -0.481 e. The lowest BCUT2D eigenvalue weighted by atomic mass is 9.93. The fourth-order valence-corrected chi connectivity index (χ4v) is 2.51. The van der Waals surface area contributed by atoms with Gasteiger partial charge in [-0.25, -0.2) is 0 Å². The molecule has 0 fully saturated rings. The molecule has 0 radical (unpaired) electrons. The highest BCUT2D eigenvalue weighted by atomic mass is 16.4. The number of carboxylic acids is 1. The highest BCUT2D eigenvalue weighted by Crippen LogP contribution is 2.20. The predicted octanol–water partition coefficient (Wildman–Crippen LogP) is 5.26. The maximum atomic E-state index is 11.0. The van der Waals surface area contributed by atoms with E-state index in [4.69, 9.17) is 5.11 Å². The number of carboxylic acid groups (broad SMARTS) is 1. The minimum atomic E-state index is -0.604. The zero-order chi connectivity index (χ0) is 13.8. The van der Waals surface area contributed by atoms with Gasteiger partial charge in [0.15, 0.2) is 0 Å². The summed E-state index contributed by atoms with van der Waals surface area (Å²) in [5.41, 5.74) is 0. The van der Waals surface area contributed by atoms with Crippen molar-refractivity contribution in [3.63, 3.8) is 0 Å². The smallest absolute Gasteiger partial charge is 0.306 e. The molecule has 1 N–H and O–H groups in total. The summed E-state index contributed by atoms with van der Waals surface area (Å²) in [5.74, 6) is 0.101. The molecule has 0 bridgehead atoms. The van der Waals surface area contributed by atoms with E-state index in [0.717, 1.165) is 31.6 Å². The molecular weight excluding hydrogens is 224 g/mol. The second-order valence-corrected chi connectivity index (χ2v) is 5.71. The molecule has 0 aliphatic carbocycles. The number of unbranched alkanes of at least 4 members (excludes halogenated alkanes) is 3. The van der Waals surface area contributed by atoms with E-state index < -0.39 is 5.97 Å². The molecule has 2 nitrogen and oxygen atoms in total. The van der Waals surface area contributed by atoms with Crippen LogP contribution in [-0.2, 0) is 4.79 Å². The van der Waals surface area contributed by atoms with E-state index in [2.05, 4.69) is 20.8 Å². The van der Waals surface area contributed by atoms with Gasteiger partial charge in [-0.05, 0) is 18.8 Å². The molecule has 0 rings (SSSR count). The summed E-state index contributed by atoms with van der Waals surface area (Å²) in [7, 11) is 0. The molecule has 2 heteroatoms. The van der Waals surface area contributed by atoms with Gasteiger partial charge in [0, 0.05) is 0 Å². The Kier molecular flexibility index (Phi) is 11.2. The van der Waals surface area contributed by atoms with Crippen molar-refractivity contribution in [3.05, 3.63) is 0 Å². The summed E-state index contributed by atoms with van der Waals surface area (Å²) in [6.07, 6.45) is 11.6. The highest BCUT2D eigenvalue weighted by molar-refractivity contribution is 5.69. The standard InChI is InChI=1S/C16H32O2/c1-4-6-7-11-14(3)12-8-9-13-15(10-5-2)16(17)18/h14-15H,4-13H2,1-3H3,(H,17,18). The molecular formula is C16H32O2. The third-order valence-electron chi connectivity index (χ3n) is 3.79. The van der Waals surface area contributed by atoms with Crippen molar-refractivity contribution < 1.29 is 9.90 Å². The van der Waals surface area contributed by atoms with Gasteiger partial charge in [0.1, 0.15) is 0 Å². The Morgan fingerprint density at radius 1 is 0.889 bits per heavy atom. The average Bonchev–Trinajstić information content (AvgIpc) is 2.33. The van der Waals surface area contributed by atoms with Crippen LogP contribution in [0.4, 0.5) is 0 Å². The maximum absolute atomic E-state index is 11.0. The van der Waals surface area contributed by atoms with Gasteiger partial charge in [0.25, 0.3) is 0 Å². The molecule has 0 aliphatic rings. The summed E-state index contributed by atoms with van der Waals surface area (Å²) >= 11 is 0. The van der Waals surface area contributed by atoms with Gasteiger partial charge in [0.2, 0.25) is 0 Å². The number of hydrogen-bond donors (Lipinski definition) is 1. The van der Waals surface area contributed by atoms with Crippen LogP contribution in [0.15, 0.2) is 0 Å². The predicted molar refractivity (Wildman–Crippen MR) is 77.8 cm³/mol. The number of aliphatic carboxylic acids is 1. The van der Waals surface area contributed by atoms with E-state index in [-0.39, 0.29) is 5.92 Å². The molecule has 0 saturated carbocycles. The first kappa shape index (κ1) is 17.5. The minimum absolute atomic E-state index is 0.106. The van der Waals surface area contributed by atoms with Crippen molar-refractivity contribution in [2.75, 3.05) is 0 Å². The fraction of sp³-hybridized carbons (Fsp3) is 0.938. The molecule has 108 valence electrons. The molecule has 0 saturated heterocycles. The Morgan fingerprint density at radius 3 is 1.94 bits per heavy atom. The van der Waals surface area contributed by atoms with E-state index in [1.54, 1.807) is 0 Å². The number of carbonyl (C=O) groups is 1. The topological polar surface area (TPSA) is 37.3 Å². The summed E-state index contributed by atoms with van der Waals surface area (Å²) in [5, 5.41) is 9.06. The van der Waals surface area contributed by atoms with Gasteiger partial charge in [-0.1, -0.05) is 72.1 Å². The lowest BCUT2D eigenvalue weighted by Gasteiger charge is -2.13. The van der Waals surface area contributed by atoms with Crippen LogP contribution in [0.5, 0.6) is 0 Å². The van der Waals surface area contributed by atoms with Crippen LogP contribution in [-0.4, -0.2) is 11.1 Å². The molecule has 0 aromatic rings. The average molecular weight is 256 g/mol. The first-order chi connectivity index (χ1) is 8.61. The highest BCUT2D eigenvalue weighted by Gasteiger charge is 2.15. The largest absolute Gasteiger partial charge is 0.481 e. The Hall–Kier alpha value is -0.530. The van der Waals surface area contributed by atoms with Crippen LogP contribution < -0.4 is 0 Å². The molecule has 0 aromatic heterocycles. The van der Waals surface area contributed by atoms with Crippen molar-refractivity contribution in [2.45, 2.75) is 85.0 Å². The quantitative estimate of drug-likeness (QED) is 0.483. The lowest BCUT2D eigenvalue weighted by Crippen LogP contribution is -2.13. The Bertz CT molecular complexity index is 201. The van der Waals surface area contributed by atoms with Gasteiger partial charge in [-0.3, -0.25) is 4.79 Å². The van der Waals surface area contributed by atoms with E-state index >= 15 is 0 Å². The first-order valence-corrected chi connectivity index (χ1v) is 7.84. The summed E-state index contributed by atoms with van der Waals surface area (Å²) in [4.78, 5) is 11.0. The van der Waals surface area contributed by atoms with Gasteiger partial charge in [0.05, 0.1) is 5.92 Å². The second-order valence-electron chi connectivity index (χ2n) is 5.71. The SMILES string of the molecule is CCCCCC(C)CCCCC(CCC)C(=O)O. The van der Waals surface area contributed by atoms with Crippen LogP contribution in [0.2, 0.25) is 0 Å². The third-order valence-corrected chi connectivity index (χ3v) is 3.79. The van der Waals surface area contributed by atoms with Crippen LogP contribution in [0, 0.1) is 11.8 Å². The second kappa shape index (κ2) is 11.6. The molecule has 0 spiro atoms. The van der Waals surface area contributed by atoms with Crippen molar-refractivity contribution in [1.29, 1.82) is 0 Å². The molecule has 0 aromatic carbocycles. The van der Waals surface area contributed by atoms with Crippen molar-refractivity contribution in [3.8, 4) is 0 Å². The number of rotatable bonds is 12. The van der Waals surface area contributed by atoms with E-state index in [0.29, 0.717) is 0 Å². The molecule has 2 unspecified atom stereocenters. The fourth-order valence-electron chi connectivity index (χ4n) is 2.51. The monoisotopic (exact) mass is 256 g/mol. The summed E-state index contributed by atoms with van der Waals surface area (Å²) < 4.78 is 0. The zero-order valence-electron chi connectivity index (χ0n) is 12.6. The maximum Gasteiger partial charge on any atom is 0.306 e. The lowest BCUT2D eigenvalue weighted by molar-refractivity contribution is -0.142. The van der Waals surface area contributed by atoms with Crippen molar-refractivity contribution in [1.82, 2.24) is 0 Å². The van der Waals surface area contributed by atoms with Crippen LogP contribution in [0.3, 0.4) is 0 Å². The van der Waals surface area contributed by atoms with Crippen molar-refractivity contribution >= 4 is 5.97 Å². The normalized spacial score (nSPS) is 14.4. The Morgan fingerprint density at radius 2 is 1.44 bits per heavy atom. The van der Waals surface area contributed by atoms with Crippen LogP contribution in [0.25, 0.3) is 0 Å². The van der Waals surface area contributed by atoms with Gasteiger partial charge in [-0.15, -0.1) is 0 Å². The summed E-state index contributed by atoms with van der Waals surface area (Å²) in [6, 6.07) is 0. The molecule has 18 heavy (non-hydrogen) atoms. The van der Waals surface area contributed by atoms with E-state index in [1.165, 1.54) is 38.5 Å². The Balaban J connectivity index is 3.55. The third kappa shape index (κ3) is 9.49. The summed E-state index contributed by atoms with van der Waals surface area (Å²) in [6.45, 7) is 6.63. The first-order valence-electron chi connectivity index (χ1n) is 7.84. The molecule has 0 amide bonds. The van der Waals surface area contributed by atoms with Gasteiger partial charge < -0.3 is 5.11 Å². The zero-order valence-corrected chi connectivity index (χ0v) is 12.6.